The first-order chi connectivity index (χ1) is 3.80. The molecule has 8 heavy (non-hydrogen) atoms. The summed E-state index contributed by atoms with van der Waals surface area (Å²) in [5.74, 6) is -0.274. The van der Waals surface area contributed by atoms with Crippen LogP contribution in [0.5, 0.6) is 0 Å². The lowest BCUT2D eigenvalue weighted by atomic mass is 10.4. The molecular formula is C6H5FN. The summed E-state index contributed by atoms with van der Waals surface area (Å²) in [6.07, 6.45) is 2.51. The van der Waals surface area contributed by atoms with Gasteiger partial charge in [0, 0.05) is 0 Å². The van der Waals surface area contributed by atoms with Gasteiger partial charge in [0.1, 0.15) is 5.82 Å². The summed E-state index contributed by atoms with van der Waals surface area (Å²) in [6, 6.07) is 2.78. The van der Waals surface area contributed by atoms with E-state index < -0.39 is 0 Å². The zero-order valence-electron chi connectivity index (χ0n) is 4.48. The summed E-state index contributed by atoms with van der Waals surface area (Å²) in [5.41, 5.74) is 0.396. The third-order valence-electron chi connectivity index (χ3n) is 0.882. The number of halogens is 1. The molecule has 0 N–H and O–H groups in total. The first-order valence-electron chi connectivity index (χ1n) is 2.30. The summed E-state index contributed by atoms with van der Waals surface area (Å²) in [6.45, 7) is 1.60. The van der Waals surface area contributed by atoms with Crippen LogP contribution in [0.4, 0.5) is 4.39 Å². The van der Waals surface area contributed by atoms with E-state index in [2.05, 4.69) is 11.2 Å². The summed E-state index contributed by atoms with van der Waals surface area (Å²) in [4.78, 5) is 3.58. The molecule has 1 nitrogen and oxygen atoms in total. The van der Waals surface area contributed by atoms with Gasteiger partial charge in [-0.2, -0.15) is 0 Å². The van der Waals surface area contributed by atoms with Crippen LogP contribution in [0, 0.1) is 18.9 Å². The fourth-order valence-corrected chi connectivity index (χ4v) is 0.419. The molecule has 0 spiro atoms. The molecule has 1 rings (SSSR count). The molecule has 0 saturated heterocycles. The number of aromatic nitrogens is 1. The van der Waals surface area contributed by atoms with Gasteiger partial charge in [-0.25, -0.2) is 9.37 Å². The molecule has 0 aliphatic rings. The average molecular weight is 110 g/mol. The summed E-state index contributed by atoms with van der Waals surface area (Å²) in [7, 11) is 0. The van der Waals surface area contributed by atoms with Gasteiger partial charge in [0.25, 0.3) is 0 Å². The van der Waals surface area contributed by atoms with Crippen molar-refractivity contribution in [3.8, 4) is 0 Å². The highest BCUT2D eigenvalue weighted by atomic mass is 19.1. The van der Waals surface area contributed by atoms with Crippen LogP contribution in [-0.4, -0.2) is 4.98 Å². The first kappa shape index (κ1) is 5.22. The Bertz CT molecular complexity index is 165. The van der Waals surface area contributed by atoms with Crippen molar-refractivity contribution in [2.75, 3.05) is 0 Å². The minimum atomic E-state index is -0.274. The van der Waals surface area contributed by atoms with E-state index in [4.69, 9.17) is 0 Å². The zero-order chi connectivity index (χ0) is 5.98. The van der Waals surface area contributed by atoms with Gasteiger partial charge in [-0.05, 0) is 19.1 Å². The Labute approximate surface area is 47.2 Å². The van der Waals surface area contributed by atoms with E-state index in [-0.39, 0.29) is 5.82 Å². The van der Waals surface area contributed by atoms with E-state index in [0.717, 1.165) is 0 Å². The van der Waals surface area contributed by atoms with Crippen molar-refractivity contribution in [2.24, 2.45) is 0 Å². The highest BCUT2D eigenvalue weighted by Crippen LogP contribution is 1.97. The summed E-state index contributed by atoms with van der Waals surface area (Å²) >= 11 is 0. The smallest absolute Gasteiger partial charge is 0.144 e. The van der Waals surface area contributed by atoms with Gasteiger partial charge in [0.15, 0.2) is 0 Å². The lowest BCUT2D eigenvalue weighted by Gasteiger charge is -1.87. The van der Waals surface area contributed by atoms with Crippen molar-refractivity contribution >= 4 is 0 Å². The molecule has 0 fully saturated rings. The molecule has 1 radical (unpaired) electrons. The van der Waals surface area contributed by atoms with E-state index in [0.29, 0.717) is 5.69 Å². The summed E-state index contributed by atoms with van der Waals surface area (Å²) < 4.78 is 12.2. The molecule has 1 heterocycles. The van der Waals surface area contributed by atoms with Gasteiger partial charge >= 0.3 is 0 Å². The average Bonchev–Trinajstić information content (AvgIpc) is 1.77. The number of aryl methyl sites for hydroxylation is 1. The Balaban J connectivity index is 3.13. The van der Waals surface area contributed by atoms with Crippen molar-refractivity contribution in [3.63, 3.8) is 0 Å². The predicted octanol–water partition coefficient (Wildman–Crippen LogP) is 1.33. The number of nitrogens with zero attached hydrogens (tertiary/aromatic N) is 1. The number of hydrogen-bond acceptors (Lipinski definition) is 1. The van der Waals surface area contributed by atoms with Crippen molar-refractivity contribution in [2.45, 2.75) is 6.92 Å². The van der Waals surface area contributed by atoms with Crippen LogP contribution >= 0.6 is 0 Å². The van der Waals surface area contributed by atoms with E-state index in [1.54, 1.807) is 6.92 Å². The third kappa shape index (κ3) is 0.832. The van der Waals surface area contributed by atoms with E-state index in [9.17, 15) is 4.39 Å². The SMILES string of the molecule is Cc1n[c]ccc1F. The fraction of sp³-hybridized carbons (Fsp3) is 0.167. The standard InChI is InChI=1S/C6H5FN/c1-5-6(7)3-2-4-8-5/h2-3H,1H3. The van der Waals surface area contributed by atoms with Crippen LogP contribution in [-0.2, 0) is 0 Å². The Kier molecular flexibility index (Phi) is 1.24. The Morgan fingerprint density at radius 3 is 2.88 bits per heavy atom. The normalized spacial score (nSPS) is 9.25. The lowest BCUT2D eigenvalue weighted by Crippen LogP contribution is -1.83. The minimum Gasteiger partial charge on any atom is -0.248 e. The van der Waals surface area contributed by atoms with Crippen molar-refractivity contribution < 1.29 is 4.39 Å². The highest BCUT2D eigenvalue weighted by Gasteiger charge is 1.90. The molecule has 41 valence electrons. The van der Waals surface area contributed by atoms with Gasteiger partial charge in [-0.15, -0.1) is 0 Å². The molecule has 2 heteroatoms. The monoisotopic (exact) mass is 110 g/mol. The van der Waals surface area contributed by atoms with E-state index in [1.807, 2.05) is 0 Å². The zero-order valence-corrected chi connectivity index (χ0v) is 4.48. The molecule has 1 aromatic heterocycles. The van der Waals surface area contributed by atoms with Crippen LogP contribution in [0.15, 0.2) is 12.1 Å². The second-order valence-corrected chi connectivity index (χ2v) is 1.51. The summed E-state index contributed by atoms with van der Waals surface area (Å²) in [5, 5.41) is 0. The van der Waals surface area contributed by atoms with Crippen molar-refractivity contribution in [1.82, 2.24) is 4.98 Å². The van der Waals surface area contributed by atoms with Crippen LogP contribution in [0.1, 0.15) is 5.69 Å². The first-order valence-corrected chi connectivity index (χ1v) is 2.30. The molecule has 0 bridgehead atoms. The number of rotatable bonds is 0. The fourth-order valence-electron chi connectivity index (χ4n) is 0.419. The molecule has 0 aliphatic carbocycles. The second kappa shape index (κ2) is 1.90. The minimum absolute atomic E-state index is 0.274. The predicted molar refractivity (Wildman–Crippen MR) is 27.8 cm³/mol. The largest absolute Gasteiger partial charge is 0.248 e. The van der Waals surface area contributed by atoms with Crippen LogP contribution < -0.4 is 0 Å². The van der Waals surface area contributed by atoms with E-state index in [1.165, 1.54) is 12.1 Å². The maximum absolute atomic E-state index is 12.2. The second-order valence-electron chi connectivity index (χ2n) is 1.51. The van der Waals surface area contributed by atoms with E-state index >= 15 is 0 Å². The maximum atomic E-state index is 12.2. The molecule has 1 aromatic rings. The maximum Gasteiger partial charge on any atom is 0.144 e. The lowest BCUT2D eigenvalue weighted by molar-refractivity contribution is 0.609. The Morgan fingerprint density at radius 1 is 1.75 bits per heavy atom. The van der Waals surface area contributed by atoms with Gasteiger partial charge in [-0.3, -0.25) is 0 Å². The Morgan fingerprint density at radius 2 is 2.50 bits per heavy atom. The van der Waals surface area contributed by atoms with Gasteiger partial charge < -0.3 is 0 Å². The van der Waals surface area contributed by atoms with Gasteiger partial charge in [-0.1, -0.05) is 0 Å². The van der Waals surface area contributed by atoms with Gasteiger partial charge in [0.05, 0.1) is 11.9 Å². The molecule has 0 aromatic carbocycles. The van der Waals surface area contributed by atoms with Crippen molar-refractivity contribution in [1.29, 1.82) is 0 Å². The molecule has 0 amide bonds. The highest BCUT2D eigenvalue weighted by molar-refractivity contribution is 5.03. The van der Waals surface area contributed by atoms with Gasteiger partial charge in [0.2, 0.25) is 0 Å². The Hall–Kier alpha value is -0.920. The topological polar surface area (TPSA) is 12.9 Å². The molecule has 0 atom stereocenters. The molecule has 0 aliphatic heterocycles. The van der Waals surface area contributed by atoms with Crippen LogP contribution in [0.2, 0.25) is 0 Å². The number of hydrogen-bond donors (Lipinski definition) is 0. The third-order valence-corrected chi connectivity index (χ3v) is 0.882. The molecule has 0 unspecified atom stereocenters. The number of pyridine rings is 1. The quantitative estimate of drug-likeness (QED) is 0.491. The van der Waals surface area contributed by atoms with Crippen LogP contribution in [0.3, 0.4) is 0 Å². The van der Waals surface area contributed by atoms with Crippen LogP contribution in [0.25, 0.3) is 0 Å². The molecule has 0 saturated carbocycles. The van der Waals surface area contributed by atoms with Crippen molar-refractivity contribution in [3.05, 3.63) is 29.8 Å². The molecular weight excluding hydrogens is 105 g/mol.